The highest BCUT2D eigenvalue weighted by molar-refractivity contribution is 5.98. The third-order valence-corrected chi connectivity index (χ3v) is 4.85. The zero-order valence-electron chi connectivity index (χ0n) is 16.7. The molecule has 0 aliphatic heterocycles. The van der Waals surface area contributed by atoms with Gasteiger partial charge in [0.1, 0.15) is 11.6 Å². The molecule has 0 bridgehead atoms. The molecule has 0 saturated heterocycles. The summed E-state index contributed by atoms with van der Waals surface area (Å²) in [5.41, 5.74) is 12.2. The number of carbonyl (C=O) groups is 1. The van der Waals surface area contributed by atoms with Crippen LogP contribution >= 0.6 is 0 Å². The predicted octanol–water partition coefficient (Wildman–Crippen LogP) is 3.53. The van der Waals surface area contributed by atoms with Gasteiger partial charge in [0.25, 0.3) is 5.91 Å². The van der Waals surface area contributed by atoms with Crippen molar-refractivity contribution in [1.82, 2.24) is 4.98 Å². The molecule has 0 unspecified atom stereocenters. The van der Waals surface area contributed by atoms with Gasteiger partial charge in [-0.15, -0.1) is 0 Å². The molecule has 1 aliphatic carbocycles. The Morgan fingerprint density at radius 2 is 2.00 bits per heavy atom. The van der Waals surface area contributed by atoms with Gasteiger partial charge < -0.3 is 26.8 Å². The minimum Gasteiger partial charge on any atom is -0.491 e. The number of pyridine rings is 1. The molecule has 1 aromatic carbocycles. The first-order valence-electron chi connectivity index (χ1n) is 9.89. The van der Waals surface area contributed by atoms with Crippen LogP contribution in [0, 0.1) is 5.82 Å². The van der Waals surface area contributed by atoms with Crippen molar-refractivity contribution < 1.29 is 13.9 Å². The average Bonchev–Trinajstić information content (AvgIpc) is 2.65. The van der Waals surface area contributed by atoms with Crippen LogP contribution in [0.1, 0.15) is 49.9 Å². The minimum atomic E-state index is -0.769. The van der Waals surface area contributed by atoms with E-state index in [0.717, 1.165) is 31.7 Å². The highest BCUT2D eigenvalue weighted by Crippen LogP contribution is 2.28. The summed E-state index contributed by atoms with van der Waals surface area (Å²) in [5, 5.41) is 6.15. The number of hydrogen-bond acceptors (Lipinski definition) is 6. The summed E-state index contributed by atoms with van der Waals surface area (Å²) in [6, 6.07) is 8.18. The SMILES string of the molecule is CC(C)Oc1cccc(Nc2nc(N[C@@H]3CCCC[C@@H]3N)c(F)cc2C(N)=O)c1. The van der Waals surface area contributed by atoms with Crippen molar-refractivity contribution in [3.05, 3.63) is 41.7 Å². The molecule has 1 saturated carbocycles. The summed E-state index contributed by atoms with van der Waals surface area (Å²) in [5.74, 6) is -0.519. The molecular weight excluding hydrogens is 373 g/mol. The number of nitrogens with two attached hydrogens (primary N) is 2. The second-order valence-corrected chi connectivity index (χ2v) is 7.60. The first-order valence-corrected chi connectivity index (χ1v) is 9.89. The molecule has 156 valence electrons. The fraction of sp³-hybridized carbons (Fsp3) is 0.429. The Hall–Kier alpha value is -2.87. The number of ether oxygens (including phenoxy) is 1. The molecule has 8 heteroatoms. The number of primary amides is 1. The van der Waals surface area contributed by atoms with Crippen LogP contribution in [-0.2, 0) is 0 Å². The molecule has 2 aromatic rings. The molecular formula is C21H28FN5O2. The maximum absolute atomic E-state index is 14.6. The van der Waals surface area contributed by atoms with Gasteiger partial charge >= 0.3 is 0 Å². The van der Waals surface area contributed by atoms with Crippen LogP contribution in [0.2, 0.25) is 0 Å². The number of rotatable bonds is 7. The molecule has 1 heterocycles. The lowest BCUT2D eigenvalue weighted by Crippen LogP contribution is -2.43. The third-order valence-electron chi connectivity index (χ3n) is 4.85. The summed E-state index contributed by atoms with van der Waals surface area (Å²) >= 11 is 0. The van der Waals surface area contributed by atoms with Crippen LogP contribution in [0.3, 0.4) is 0 Å². The highest BCUT2D eigenvalue weighted by atomic mass is 19.1. The Kier molecular flexibility index (Phi) is 6.53. The van der Waals surface area contributed by atoms with Crippen molar-refractivity contribution in [1.29, 1.82) is 0 Å². The number of amides is 1. The molecule has 7 nitrogen and oxygen atoms in total. The van der Waals surface area contributed by atoms with Gasteiger partial charge in [-0.3, -0.25) is 4.79 Å². The number of anilines is 3. The van der Waals surface area contributed by atoms with E-state index < -0.39 is 11.7 Å². The molecule has 0 spiro atoms. The standard InChI is InChI=1S/C21H28FN5O2/c1-12(2)29-14-7-5-6-13(10-14)25-20-15(19(24)28)11-16(22)21(27-20)26-18-9-4-3-8-17(18)23/h5-7,10-12,17-18H,3-4,8-9,23H2,1-2H3,(H2,24,28)(H2,25,26,27)/t17-,18+/m0/s1. The first-order chi connectivity index (χ1) is 13.8. The summed E-state index contributed by atoms with van der Waals surface area (Å²) in [4.78, 5) is 16.2. The van der Waals surface area contributed by atoms with Crippen molar-refractivity contribution in [2.24, 2.45) is 11.5 Å². The molecule has 0 radical (unpaired) electrons. The van der Waals surface area contributed by atoms with E-state index in [0.29, 0.717) is 11.4 Å². The van der Waals surface area contributed by atoms with E-state index >= 15 is 0 Å². The van der Waals surface area contributed by atoms with Crippen molar-refractivity contribution in [3.8, 4) is 5.75 Å². The topological polar surface area (TPSA) is 115 Å². The number of nitrogens with one attached hydrogen (secondary N) is 2. The van der Waals surface area contributed by atoms with Crippen molar-refractivity contribution in [2.45, 2.75) is 57.7 Å². The first kappa shape index (κ1) is 20.9. The quantitative estimate of drug-likeness (QED) is 0.564. The van der Waals surface area contributed by atoms with Gasteiger partial charge in [0.05, 0.1) is 11.7 Å². The number of halogens is 1. The Balaban J connectivity index is 1.89. The number of aromatic nitrogens is 1. The van der Waals surface area contributed by atoms with Crippen molar-refractivity contribution in [2.75, 3.05) is 10.6 Å². The van der Waals surface area contributed by atoms with E-state index in [1.165, 1.54) is 0 Å². The molecule has 1 aliphatic rings. The molecule has 1 amide bonds. The lowest BCUT2D eigenvalue weighted by molar-refractivity contribution is 0.100. The van der Waals surface area contributed by atoms with Gasteiger partial charge in [-0.2, -0.15) is 0 Å². The van der Waals surface area contributed by atoms with Gasteiger partial charge in [0.15, 0.2) is 11.6 Å². The van der Waals surface area contributed by atoms with Gasteiger partial charge in [0, 0.05) is 23.8 Å². The normalized spacial score (nSPS) is 19.1. The molecule has 2 atom stereocenters. The van der Waals surface area contributed by atoms with Crippen LogP contribution in [0.5, 0.6) is 5.75 Å². The fourth-order valence-corrected chi connectivity index (χ4v) is 3.44. The summed E-state index contributed by atoms with van der Waals surface area (Å²) in [7, 11) is 0. The van der Waals surface area contributed by atoms with E-state index in [2.05, 4.69) is 15.6 Å². The average molecular weight is 401 g/mol. The van der Waals surface area contributed by atoms with Gasteiger partial charge in [-0.05, 0) is 44.9 Å². The summed E-state index contributed by atoms with van der Waals surface area (Å²) < 4.78 is 20.3. The number of nitrogens with zero attached hydrogens (tertiary/aromatic N) is 1. The van der Waals surface area contributed by atoms with Gasteiger partial charge in [-0.1, -0.05) is 18.9 Å². The Bertz CT molecular complexity index is 874. The smallest absolute Gasteiger partial charge is 0.252 e. The summed E-state index contributed by atoms with van der Waals surface area (Å²) in [6.45, 7) is 3.86. The van der Waals surface area contributed by atoms with Crippen molar-refractivity contribution in [3.63, 3.8) is 0 Å². The fourth-order valence-electron chi connectivity index (χ4n) is 3.44. The maximum Gasteiger partial charge on any atom is 0.252 e. The van der Waals surface area contributed by atoms with E-state index in [-0.39, 0.29) is 35.4 Å². The Labute approximate surface area is 170 Å². The van der Waals surface area contributed by atoms with E-state index in [1.807, 2.05) is 26.0 Å². The van der Waals surface area contributed by atoms with E-state index in [9.17, 15) is 9.18 Å². The largest absolute Gasteiger partial charge is 0.491 e. The molecule has 6 N–H and O–H groups in total. The maximum atomic E-state index is 14.6. The second-order valence-electron chi connectivity index (χ2n) is 7.60. The number of carbonyl (C=O) groups excluding carboxylic acids is 1. The van der Waals surface area contributed by atoms with Crippen molar-refractivity contribution >= 4 is 23.2 Å². The Morgan fingerprint density at radius 1 is 1.24 bits per heavy atom. The monoisotopic (exact) mass is 401 g/mol. The van der Waals surface area contributed by atoms with Crippen LogP contribution in [-0.4, -0.2) is 29.1 Å². The Morgan fingerprint density at radius 3 is 2.69 bits per heavy atom. The molecule has 1 aromatic heterocycles. The summed E-state index contributed by atoms with van der Waals surface area (Å²) in [6.07, 6.45) is 3.84. The zero-order chi connectivity index (χ0) is 21.0. The van der Waals surface area contributed by atoms with Crippen LogP contribution < -0.4 is 26.8 Å². The van der Waals surface area contributed by atoms with Crippen LogP contribution in [0.15, 0.2) is 30.3 Å². The lowest BCUT2D eigenvalue weighted by atomic mass is 9.91. The minimum absolute atomic E-state index is 0.0193. The molecule has 3 rings (SSSR count). The number of hydrogen-bond donors (Lipinski definition) is 4. The molecule has 1 fully saturated rings. The third kappa shape index (κ3) is 5.35. The second kappa shape index (κ2) is 9.09. The lowest BCUT2D eigenvalue weighted by Gasteiger charge is -2.30. The van der Waals surface area contributed by atoms with Gasteiger partial charge in [0.2, 0.25) is 0 Å². The number of benzene rings is 1. The molecule has 29 heavy (non-hydrogen) atoms. The zero-order valence-corrected chi connectivity index (χ0v) is 16.7. The van der Waals surface area contributed by atoms with E-state index in [1.54, 1.807) is 12.1 Å². The van der Waals surface area contributed by atoms with E-state index in [4.69, 9.17) is 16.2 Å². The predicted molar refractivity (Wildman–Crippen MR) is 112 cm³/mol. The van der Waals surface area contributed by atoms with Crippen LogP contribution in [0.4, 0.5) is 21.7 Å². The van der Waals surface area contributed by atoms with Crippen LogP contribution in [0.25, 0.3) is 0 Å². The highest BCUT2D eigenvalue weighted by Gasteiger charge is 2.24. The van der Waals surface area contributed by atoms with Gasteiger partial charge in [-0.25, -0.2) is 9.37 Å².